The molecule has 0 bridgehead atoms. The van der Waals surface area contributed by atoms with Crippen LogP contribution in [0.3, 0.4) is 0 Å². The molecule has 9 nitrogen and oxygen atoms in total. The van der Waals surface area contributed by atoms with Crippen molar-refractivity contribution in [3.8, 4) is 11.5 Å². The van der Waals surface area contributed by atoms with Crippen LogP contribution in [-0.4, -0.2) is 82.8 Å². The van der Waals surface area contributed by atoms with Gasteiger partial charge in [-0.25, -0.2) is 4.79 Å². The zero-order chi connectivity index (χ0) is 19.0. The van der Waals surface area contributed by atoms with Gasteiger partial charge in [0.1, 0.15) is 24.9 Å². The third-order valence-electron chi connectivity index (χ3n) is 5.74. The van der Waals surface area contributed by atoms with E-state index in [1.165, 1.54) is 11.9 Å². The molecule has 3 amide bonds. The summed E-state index contributed by atoms with van der Waals surface area (Å²) in [5, 5.41) is 21.1. The van der Waals surface area contributed by atoms with Crippen molar-refractivity contribution < 1.29 is 34.0 Å². The van der Waals surface area contributed by atoms with Crippen molar-refractivity contribution in [3.05, 3.63) is 22.2 Å². The Morgan fingerprint density at radius 2 is 1.81 bits per heavy atom. The molecule has 2 saturated heterocycles. The van der Waals surface area contributed by atoms with Crippen LogP contribution in [0, 0.1) is 0 Å². The van der Waals surface area contributed by atoms with E-state index in [9.17, 15) is 19.8 Å². The highest BCUT2D eigenvalue weighted by Crippen LogP contribution is 2.52. The fraction of sp³-hybridized carbons (Fsp3) is 0.529. The zero-order valence-electron chi connectivity index (χ0n) is 14.2. The predicted octanol–water partition coefficient (Wildman–Crippen LogP) is 0.0268. The molecule has 1 aromatic carbocycles. The third-order valence-corrected chi connectivity index (χ3v) is 6.43. The Labute approximate surface area is 162 Å². The Kier molecular flexibility index (Phi) is 3.71. The van der Waals surface area contributed by atoms with E-state index in [1.54, 1.807) is 12.1 Å². The lowest BCUT2D eigenvalue weighted by molar-refractivity contribution is -0.125. The van der Waals surface area contributed by atoms with Gasteiger partial charge in [-0.3, -0.25) is 9.69 Å². The Hall–Kier alpha value is -1.88. The van der Waals surface area contributed by atoms with Crippen molar-refractivity contribution in [2.45, 2.75) is 36.4 Å². The number of likely N-dealkylation sites (N-methyl/N-ethyl adjacent to an activating group) is 1. The Bertz CT molecular complexity index is 849. The molecule has 0 unspecified atom stereocenters. The number of fused-ring (bicyclic) bond motifs is 2. The summed E-state index contributed by atoms with van der Waals surface area (Å²) < 4.78 is 17.2. The lowest BCUT2D eigenvalue weighted by Crippen LogP contribution is -2.58. The normalized spacial score (nSPS) is 37.0. The first kappa shape index (κ1) is 17.2. The fourth-order valence-electron chi connectivity index (χ4n) is 4.28. The van der Waals surface area contributed by atoms with Crippen molar-refractivity contribution in [1.82, 2.24) is 9.80 Å². The van der Waals surface area contributed by atoms with Gasteiger partial charge in [0.15, 0.2) is 11.5 Å². The van der Waals surface area contributed by atoms with Crippen LogP contribution in [0.25, 0.3) is 0 Å². The molecule has 2 N–H and O–H groups in total. The number of imide groups is 1. The maximum Gasteiger partial charge on any atom is 0.327 e. The fourth-order valence-corrected chi connectivity index (χ4v) is 4.87. The highest BCUT2D eigenvalue weighted by Gasteiger charge is 2.63. The second-order valence-corrected chi connectivity index (χ2v) is 8.01. The van der Waals surface area contributed by atoms with E-state index in [4.69, 9.17) is 14.2 Å². The number of amides is 3. The number of aliphatic hydroxyl groups is 2. The summed E-state index contributed by atoms with van der Waals surface area (Å²) in [5.74, 6) is 0.356. The van der Waals surface area contributed by atoms with Crippen LogP contribution in [0.2, 0.25) is 0 Å². The number of urea groups is 1. The molecule has 4 aliphatic rings. The summed E-state index contributed by atoms with van der Waals surface area (Å²) in [5.41, 5.74) is 0.762. The molecular weight excluding hydrogens is 424 g/mol. The van der Waals surface area contributed by atoms with E-state index < -0.39 is 36.3 Å². The second kappa shape index (κ2) is 5.81. The summed E-state index contributed by atoms with van der Waals surface area (Å²) in [6.07, 6.45) is -3.26. The smallest absolute Gasteiger partial charge is 0.327 e. The van der Waals surface area contributed by atoms with Gasteiger partial charge in [-0.2, -0.15) is 0 Å². The van der Waals surface area contributed by atoms with E-state index in [0.29, 0.717) is 16.0 Å². The van der Waals surface area contributed by atoms with Crippen LogP contribution >= 0.6 is 15.9 Å². The number of ether oxygens (including phenoxy) is 3. The average Bonchev–Trinajstić information content (AvgIpc) is 3.24. The SMILES string of the molecule is CN1C(=O)CN([C@H]2[C@H](O)[C@H](O)[C@H]3O[C@H]3[C@@H]2c2cc3c(cc2Br)OCO3)C1=O. The summed E-state index contributed by atoms with van der Waals surface area (Å²) in [7, 11) is 1.40. The predicted molar refractivity (Wildman–Crippen MR) is 92.3 cm³/mol. The van der Waals surface area contributed by atoms with Crippen molar-refractivity contribution in [2.24, 2.45) is 0 Å². The van der Waals surface area contributed by atoms with Gasteiger partial charge in [0.05, 0.1) is 12.1 Å². The minimum Gasteiger partial charge on any atom is -0.454 e. The molecule has 27 heavy (non-hydrogen) atoms. The molecule has 1 aromatic rings. The standard InChI is InChI=1S/C17H17BrN2O7/c1-19-10(21)4-20(17(19)24)12-11(15-16(27-15)14(23)13(12)22)6-2-8-9(3-7(6)18)26-5-25-8/h2-3,11-16,22-23H,4-5H2,1H3/t11-,12-,13+,14+,15+,16-/m1/s1. The molecule has 3 heterocycles. The van der Waals surface area contributed by atoms with Crippen LogP contribution in [0.15, 0.2) is 16.6 Å². The van der Waals surface area contributed by atoms with Gasteiger partial charge in [0, 0.05) is 17.4 Å². The number of nitrogens with zero attached hydrogens (tertiary/aromatic N) is 2. The number of epoxide rings is 1. The molecular formula is C17H17BrN2O7. The highest BCUT2D eigenvalue weighted by molar-refractivity contribution is 9.10. The average molecular weight is 441 g/mol. The van der Waals surface area contributed by atoms with Crippen LogP contribution in [0.4, 0.5) is 4.79 Å². The molecule has 0 radical (unpaired) electrons. The lowest BCUT2D eigenvalue weighted by atomic mass is 9.76. The minimum atomic E-state index is -1.25. The number of carbonyl (C=O) groups is 2. The van der Waals surface area contributed by atoms with Gasteiger partial charge in [-0.05, 0) is 17.7 Å². The molecule has 10 heteroatoms. The lowest BCUT2D eigenvalue weighted by Gasteiger charge is -2.41. The minimum absolute atomic E-state index is 0.118. The molecule has 0 aromatic heterocycles. The topological polar surface area (TPSA) is 112 Å². The van der Waals surface area contributed by atoms with Gasteiger partial charge in [0.2, 0.25) is 12.7 Å². The maximum absolute atomic E-state index is 12.6. The van der Waals surface area contributed by atoms with Gasteiger partial charge >= 0.3 is 6.03 Å². The second-order valence-electron chi connectivity index (χ2n) is 7.15. The zero-order valence-corrected chi connectivity index (χ0v) is 15.8. The van der Waals surface area contributed by atoms with Gasteiger partial charge < -0.3 is 29.3 Å². The molecule has 6 atom stereocenters. The Morgan fingerprint density at radius 3 is 2.48 bits per heavy atom. The number of carbonyl (C=O) groups excluding carboxylic acids is 2. The summed E-state index contributed by atoms with van der Waals surface area (Å²) >= 11 is 3.53. The van der Waals surface area contributed by atoms with Gasteiger partial charge in [-0.15, -0.1) is 0 Å². The number of aliphatic hydroxyl groups excluding tert-OH is 2. The first-order chi connectivity index (χ1) is 12.9. The number of halogens is 1. The largest absolute Gasteiger partial charge is 0.454 e. The van der Waals surface area contributed by atoms with Crippen LogP contribution < -0.4 is 9.47 Å². The maximum atomic E-state index is 12.6. The molecule has 144 valence electrons. The van der Waals surface area contributed by atoms with Crippen LogP contribution in [0.1, 0.15) is 11.5 Å². The first-order valence-electron chi connectivity index (χ1n) is 8.56. The molecule has 3 aliphatic heterocycles. The quantitative estimate of drug-likeness (QED) is 0.492. The third kappa shape index (κ3) is 2.40. The summed E-state index contributed by atoms with van der Waals surface area (Å²) in [6.45, 7) is -0.0348. The molecule has 5 rings (SSSR count). The molecule has 0 spiro atoms. The summed E-state index contributed by atoms with van der Waals surface area (Å²) in [6, 6.07) is 2.24. The van der Waals surface area contributed by atoms with E-state index in [0.717, 1.165) is 10.5 Å². The monoisotopic (exact) mass is 440 g/mol. The number of rotatable bonds is 2. The first-order valence-corrected chi connectivity index (χ1v) is 9.35. The molecule has 3 fully saturated rings. The van der Waals surface area contributed by atoms with Gasteiger partial charge in [0.25, 0.3) is 0 Å². The van der Waals surface area contributed by atoms with E-state index in [-0.39, 0.29) is 25.3 Å². The van der Waals surface area contributed by atoms with Crippen molar-refractivity contribution in [1.29, 1.82) is 0 Å². The Balaban J connectivity index is 1.59. The van der Waals surface area contributed by atoms with Crippen molar-refractivity contribution >= 4 is 27.9 Å². The van der Waals surface area contributed by atoms with Crippen molar-refractivity contribution in [2.75, 3.05) is 20.4 Å². The summed E-state index contributed by atoms with van der Waals surface area (Å²) in [4.78, 5) is 26.9. The highest BCUT2D eigenvalue weighted by atomic mass is 79.9. The van der Waals surface area contributed by atoms with Crippen LogP contribution in [-0.2, 0) is 9.53 Å². The number of benzene rings is 1. The molecule has 1 saturated carbocycles. The van der Waals surface area contributed by atoms with E-state index in [2.05, 4.69) is 15.9 Å². The van der Waals surface area contributed by atoms with Crippen molar-refractivity contribution in [3.63, 3.8) is 0 Å². The number of hydrogen-bond donors (Lipinski definition) is 2. The van der Waals surface area contributed by atoms with Crippen LogP contribution in [0.5, 0.6) is 11.5 Å². The van der Waals surface area contributed by atoms with Gasteiger partial charge in [-0.1, -0.05) is 15.9 Å². The van der Waals surface area contributed by atoms with E-state index >= 15 is 0 Å². The van der Waals surface area contributed by atoms with E-state index in [1.807, 2.05) is 0 Å². The molecule has 1 aliphatic carbocycles. The Morgan fingerprint density at radius 1 is 1.11 bits per heavy atom. The number of hydrogen-bond acceptors (Lipinski definition) is 7.